The molecule has 0 aliphatic carbocycles. The largest absolute Gasteiger partial charge is 0.350 e. The summed E-state index contributed by atoms with van der Waals surface area (Å²) in [5.41, 5.74) is 4.31. The van der Waals surface area contributed by atoms with Crippen molar-refractivity contribution < 1.29 is 9.59 Å². The van der Waals surface area contributed by atoms with Crippen LogP contribution in [0, 0.1) is 6.92 Å². The van der Waals surface area contributed by atoms with Gasteiger partial charge in [-0.2, -0.15) is 0 Å². The maximum absolute atomic E-state index is 13.3. The van der Waals surface area contributed by atoms with Crippen LogP contribution in [0.1, 0.15) is 69.7 Å². The van der Waals surface area contributed by atoms with E-state index >= 15 is 0 Å². The first-order chi connectivity index (χ1) is 14.6. The van der Waals surface area contributed by atoms with Gasteiger partial charge in [0.25, 0.3) is 0 Å². The lowest BCUT2D eigenvalue weighted by atomic mass is 10.0. The normalized spacial score (nSPS) is 12.3. The van der Waals surface area contributed by atoms with Crippen molar-refractivity contribution in [1.82, 2.24) is 10.2 Å². The zero-order valence-corrected chi connectivity index (χ0v) is 20.0. The first-order valence-corrected chi connectivity index (χ1v) is 11.4. The standard InChI is InChI=1S/C27H38N2O2/c1-7-21-13-15-22(16-14-21)17-18-25(30)29(19-23-11-9-20(3)10-12-23)24(8-2)26(31)28-27(4,5)6/h9-16,24H,7-8,17-19H2,1-6H3,(H,28,31). The van der Waals surface area contributed by atoms with E-state index < -0.39 is 6.04 Å². The molecule has 0 spiro atoms. The summed E-state index contributed by atoms with van der Waals surface area (Å²) in [5, 5.41) is 3.05. The van der Waals surface area contributed by atoms with Gasteiger partial charge >= 0.3 is 0 Å². The van der Waals surface area contributed by atoms with Crippen LogP contribution < -0.4 is 5.32 Å². The van der Waals surface area contributed by atoms with Gasteiger partial charge in [0.1, 0.15) is 6.04 Å². The van der Waals surface area contributed by atoms with Crippen LogP contribution in [0.5, 0.6) is 0 Å². The van der Waals surface area contributed by atoms with Crippen molar-refractivity contribution in [2.75, 3.05) is 0 Å². The summed E-state index contributed by atoms with van der Waals surface area (Å²) >= 11 is 0. The fourth-order valence-corrected chi connectivity index (χ4v) is 3.60. The number of hydrogen-bond acceptors (Lipinski definition) is 2. The number of rotatable bonds is 9. The number of carbonyl (C=O) groups excluding carboxylic acids is 2. The van der Waals surface area contributed by atoms with E-state index in [1.165, 1.54) is 11.1 Å². The highest BCUT2D eigenvalue weighted by atomic mass is 16.2. The van der Waals surface area contributed by atoms with Gasteiger partial charge in [-0.1, -0.05) is 67.9 Å². The van der Waals surface area contributed by atoms with Gasteiger partial charge in [-0.15, -0.1) is 0 Å². The van der Waals surface area contributed by atoms with Crippen LogP contribution in [0.3, 0.4) is 0 Å². The van der Waals surface area contributed by atoms with Crippen LogP contribution in [0.15, 0.2) is 48.5 Å². The minimum Gasteiger partial charge on any atom is -0.350 e. The predicted octanol–water partition coefficient (Wildman–Crippen LogP) is 5.21. The molecule has 0 radical (unpaired) electrons. The van der Waals surface area contributed by atoms with Crippen LogP contribution in [0.2, 0.25) is 0 Å². The molecule has 0 fully saturated rings. The number of benzene rings is 2. The maximum atomic E-state index is 13.3. The summed E-state index contributed by atoms with van der Waals surface area (Å²) in [5.74, 6) is -0.0844. The van der Waals surface area contributed by atoms with E-state index in [0.717, 1.165) is 17.5 Å². The Morgan fingerprint density at radius 2 is 1.45 bits per heavy atom. The number of amides is 2. The third-order valence-corrected chi connectivity index (χ3v) is 5.42. The third kappa shape index (κ3) is 7.86. The molecule has 1 N–H and O–H groups in total. The van der Waals surface area contributed by atoms with E-state index in [2.05, 4.69) is 36.5 Å². The smallest absolute Gasteiger partial charge is 0.243 e. The Kier molecular flexibility index (Phi) is 8.85. The Hall–Kier alpha value is -2.62. The monoisotopic (exact) mass is 422 g/mol. The average molecular weight is 423 g/mol. The highest BCUT2D eigenvalue weighted by Crippen LogP contribution is 2.17. The second-order valence-corrected chi connectivity index (χ2v) is 9.34. The van der Waals surface area contributed by atoms with E-state index in [-0.39, 0.29) is 17.4 Å². The molecule has 2 aromatic rings. The predicted molar refractivity (Wildman–Crippen MR) is 128 cm³/mol. The summed E-state index contributed by atoms with van der Waals surface area (Å²) in [7, 11) is 0. The Balaban J connectivity index is 2.20. The first-order valence-electron chi connectivity index (χ1n) is 11.4. The number of hydrogen-bond donors (Lipinski definition) is 1. The molecule has 2 rings (SSSR count). The van der Waals surface area contributed by atoms with Crippen molar-refractivity contribution in [2.24, 2.45) is 0 Å². The minimum atomic E-state index is -0.490. The zero-order chi connectivity index (χ0) is 23.0. The van der Waals surface area contributed by atoms with Gasteiger partial charge in [0.2, 0.25) is 11.8 Å². The quantitative estimate of drug-likeness (QED) is 0.603. The number of nitrogens with zero attached hydrogens (tertiary/aromatic N) is 1. The van der Waals surface area contributed by atoms with Gasteiger partial charge in [0.05, 0.1) is 0 Å². The van der Waals surface area contributed by atoms with Crippen molar-refractivity contribution >= 4 is 11.8 Å². The topological polar surface area (TPSA) is 49.4 Å². The lowest BCUT2D eigenvalue weighted by Gasteiger charge is -2.33. The van der Waals surface area contributed by atoms with Crippen LogP contribution in [0.4, 0.5) is 0 Å². The van der Waals surface area contributed by atoms with Crippen molar-refractivity contribution in [3.8, 4) is 0 Å². The van der Waals surface area contributed by atoms with Crippen LogP contribution in [0.25, 0.3) is 0 Å². The van der Waals surface area contributed by atoms with Gasteiger partial charge in [0, 0.05) is 18.5 Å². The fourth-order valence-electron chi connectivity index (χ4n) is 3.60. The summed E-state index contributed by atoms with van der Waals surface area (Å²) < 4.78 is 0. The molecule has 1 unspecified atom stereocenters. The average Bonchev–Trinajstić information content (AvgIpc) is 2.72. The minimum absolute atomic E-state index is 0.0102. The number of aryl methyl sites for hydroxylation is 3. The summed E-state index contributed by atoms with van der Waals surface area (Å²) in [4.78, 5) is 28.1. The lowest BCUT2D eigenvalue weighted by molar-refractivity contribution is -0.142. The van der Waals surface area contributed by atoms with E-state index in [9.17, 15) is 9.59 Å². The second kappa shape index (κ2) is 11.1. The molecule has 168 valence electrons. The molecule has 0 aromatic heterocycles. The molecule has 0 saturated heterocycles. The molecule has 2 amide bonds. The molecule has 0 bridgehead atoms. The maximum Gasteiger partial charge on any atom is 0.243 e. The van der Waals surface area contributed by atoms with Crippen LogP contribution in [-0.2, 0) is 29.0 Å². The summed E-state index contributed by atoms with van der Waals surface area (Å²) in [6.45, 7) is 12.5. The summed E-state index contributed by atoms with van der Waals surface area (Å²) in [6, 6.07) is 16.1. The van der Waals surface area contributed by atoms with E-state index in [1.807, 2.05) is 58.9 Å². The third-order valence-electron chi connectivity index (χ3n) is 5.42. The van der Waals surface area contributed by atoms with E-state index in [1.54, 1.807) is 4.90 Å². The van der Waals surface area contributed by atoms with Gasteiger partial charge in [-0.25, -0.2) is 0 Å². The number of carbonyl (C=O) groups is 2. The lowest BCUT2D eigenvalue weighted by Crippen LogP contribution is -2.53. The van der Waals surface area contributed by atoms with Gasteiger partial charge in [0.15, 0.2) is 0 Å². The molecule has 0 aliphatic rings. The van der Waals surface area contributed by atoms with Crippen molar-refractivity contribution in [2.45, 2.75) is 85.4 Å². The Labute approximate surface area is 188 Å². The molecule has 2 aromatic carbocycles. The Bertz CT molecular complexity index is 848. The summed E-state index contributed by atoms with van der Waals surface area (Å²) in [6.07, 6.45) is 2.64. The van der Waals surface area contributed by atoms with Gasteiger partial charge < -0.3 is 10.2 Å². The number of nitrogens with one attached hydrogen (secondary N) is 1. The molecule has 4 nitrogen and oxygen atoms in total. The van der Waals surface area contributed by atoms with Gasteiger partial charge in [-0.3, -0.25) is 9.59 Å². The highest BCUT2D eigenvalue weighted by molar-refractivity contribution is 5.88. The zero-order valence-electron chi connectivity index (χ0n) is 20.0. The molecule has 4 heteroatoms. The molecule has 0 heterocycles. The second-order valence-electron chi connectivity index (χ2n) is 9.34. The van der Waals surface area contributed by atoms with E-state index in [4.69, 9.17) is 0 Å². The first kappa shape index (κ1) is 24.6. The Morgan fingerprint density at radius 3 is 1.97 bits per heavy atom. The highest BCUT2D eigenvalue weighted by Gasteiger charge is 2.30. The van der Waals surface area contributed by atoms with Gasteiger partial charge in [-0.05, 0) is 63.6 Å². The van der Waals surface area contributed by atoms with Crippen molar-refractivity contribution in [3.63, 3.8) is 0 Å². The van der Waals surface area contributed by atoms with Crippen LogP contribution >= 0.6 is 0 Å². The van der Waals surface area contributed by atoms with Crippen LogP contribution in [-0.4, -0.2) is 28.3 Å². The molecule has 31 heavy (non-hydrogen) atoms. The molecular formula is C27H38N2O2. The molecule has 1 atom stereocenters. The SMILES string of the molecule is CCc1ccc(CCC(=O)N(Cc2ccc(C)cc2)C(CC)C(=O)NC(C)(C)C)cc1. The molecule has 0 saturated carbocycles. The fraction of sp³-hybridized carbons (Fsp3) is 0.481. The molecular weight excluding hydrogens is 384 g/mol. The van der Waals surface area contributed by atoms with Crippen molar-refractivity contribution in [1.29, 1.82) is 0 Å². The molecule has 0 aliphatic heterocycles. The van der Waals surface area contributed by atoms with E-state index in [0.29, 0.717) is 25.8 Å². The Morgan fingerprint density at radius 1 is 0.903 bits per heavy atom. The van der Waals surface area contributed by atoms with Crippen molar-refractivity contribution in [3.05, 3.63) is 70.8 Å².